The Morgan fingerprint density at radius 3 is 2.62 bits per heavy atom. The highest BCUT2D eigenvalue weighted by Gasteiger charge is 2.27. The van der Waals surface area contributed by atoms with Crippen molar-refractivity contribution in [1.29, 1.82) is 0 Å². The molecule has 0 radical (unpaired) electrons. The van der Waals surface area contributed by atoms with Crippen LogP contribution in [0.5, 0.6) is 0 Å². The van der Waals surface area contributed by atoms with Gasteiger partial charge in [-0.05, 0) is 61.7 Å². The molecule has 2 atom stereocenters. The molecule has 0 aromatic heterocycles. The van der Waals surface area contributed by atoms with Gasteiger partial charge in [0.25, 0.3) is 0 Å². The third-order valence-corrected chi connectivity index (χ3v) is 5.99. The second-order valence-electron chi connectivity index (χ2n) is 5.47. The molecule has 1 N–H and O–H groups in total. The van der Waals surface area contributed by atoms with E-state index in [1.807, 2.05) is 11.8 Å². The number of hydrogen-bond donors (Lipinski definition) is 1. The number of benzene rings is 2. The Morgan fingerprint density at radius 2 is 1.86 bits per heavy atom. The molecular weight excluding hydrogens is 342 g/mol. The zero-order chi connectivity index (χ0) is 14.7. The maximum Gasteiger partial charge on any atom is 0.0444 e. The molecular formula is C18H20BrNS. The van der Waals surface area contributed by atoms with Crippen LogP contribution < -0.4 is 5.32 Å². The van der Waals surface area contributed by atoms with Crippen LogP contribution in [-0.4, -0.2) is 12.3 Å². The summed E-state index contributed by atoms with van der Waals surface area (Å²) < 4.78 is 1.14. The lowest BCUT2D eigenvalue weighted by Crippen LogP contribution is -2.26. The minimum atomic E-state index is 0.428. The molecule has 3 heteroatoms. The van der Waals surface area contributed by atoms with Crippen LogP contribution in [0, 0.1) is 0 Å². The highest BCUT2D eigenvalue weighted by atomic mass is 79.9. The van der Waals surface area contributed by atoms with Gasteiger partial charge in [-0.1, -0.05) is 40.2 Å². The third kappa shape index (κ3) is 3.53. The Bertz CT molecular complexity index is 596. The average molecular weight is 362 g/mol. The molecule has 0 amide bonds. The summed E-state index contributed by atoms with van der Waals surface area (Å²) in [5, 5.41) is 4.13. The number of rotatable bonds is 3. The van der Waals surface area contributed by atoms with Crippen molar-refractivity contribution >= 4 is 27.7 Å². The van der Waals surface area contributed by atoms with Gasteiger partial charge in [0, 0.05) is 20.7 Å². The van der Waals surface area contributed by atoms with Gasteiger partial charge in [0.15, 0.2) is 0 Å². The molecule has 0 bridgehead atoms. The van der Waals surface area contributed by atoms with Gasteiger partial charge in [-0.15, -0.1) is 11.8 Å². The van der Waals surface area contributed by atoms with Crippen molar-refractivity contribution in [3.8, 4) is 0 Å². The largest absolute Gasteiger partial charge is 0.312 e. The van der Waals surface area contributed by atoms with Gasteiger partial charge in [-0.3, -0.25) is 0 Å². The summed E-state index contributed by atoms with van der Waals surface area (Å²) in [6.45, 7) is 0. The molecule has 0 heterocycles. The van der Waals surface area contributed by atoms with Gasteiger partial charge in [0.05, 0.1) is 0 Å². The Kier molecular flexibility index (Phi) is 5.04. The summed E-state index contributed by atoms with van der Waals surface area (Å²) in [5.41, 5.74) is 2.99. The van der Waals surface area contributed by atoms with Crippen LogP contribution >= 0.6 is 27.7 Å². The van der Waals surface area contributed by atoms with Crippen molar-refractivity contribution in [3.05, 3.63) is 64.1 Å². The van der Waals surface area contributed by atoms with E-state index in [2.05, 4.69) is 76.8 Å². The fourth-order valence-corrected chi connectivity index (χ4v) is 4.69. The number of aryl methyl sites for hydroxylation is 1. The van der Waals surface area contributed by atoms with Crippen LogP contribution in [0.4, 0.5) is 0 Å². The van der Waals surface area contributed by atoms with E-state index in [0.717, 1.165) is 4.47 Å². The number of halogens is 1. The molecule has 1 aliphatic carbocycles. The Morgan fingerprint density at radius 1 is 1.10 bits per heavy atom. The van der Waals surface area contributed by atoms with Gasteiger partial charge in [0.1, 0.15) is 0 Å². The molecule has 1 aliphatic rings. The number of thioether (sulfide) groups is 1. The summed E-state index contributed by atoms with van der Waals surface area (Å²) in [6.07, 6.45) is 3.72. The Labute approximate surface area is 139 Å². The molecule has 0 fully saturated rings. The van der Waals surface area contributed by atoms with E-state index in [1.165, 1.54) is 35.3 Å². The lowest BCUT2D eigenvalue weighted by Gasteiger charge is -2.26. The number of fused-ring (bicyclic) bond motifs is 1. The fourth-order valence-electron chi connectivity index (χ4n) is 3.08. The van der Waals surface area contributed by atoms with Gasteiger partial charge < -0.3 is 5.32 Å². The molecule has 0 saturated heterocycles. The second kappa shape index (κ2) is 6.99. The highest BCUT2D eigenvalue weighted by molar-refractivity contribution is 9.10. The van der Waals surface area contributed by atoms with Gasteiger partial charge in [0.2, 0.25) is 0 Å². The average Bonchev–Trinajstić information content (AvgIpc) is 2.68. The maximum absolute atomic E-state index is 3.55. The lowest BCUT2D eigenvalue weighted by molar-refractivity contribution is 0.548. The van der Waals surface area contributed by atoms with Crippen LogP contribution in [0.15, 0.2) is 57.9 Å². The van der Waals surface area contributed by atoms with Crippen molar-refractivity contribution in [3.63, 3.8) is 0 Å². The highest BCUT2D eigenvalue weighted by Crippen LogP contribution is 2.39. The van der Waals surface area contributed by atoms with E-state index in [1.54, 1.807) is 0 Å². The first-order valence-electron chi connectivity index (χ1n) is 7.45. The van der Waals surface area contributed by atoms with Crippen molar-refractivity contribution in [2.45, 2.75) is 35.4 Å². The molecule has 2 aromatic carbocycles. The van der Waals surface area contributed by atoms with Crippen LogP contribution in [0.3, 0.4) is 0 Å². The molecule has 2 unspecified atom stereocenters. The summed E-state index contributed by atoms with van der Waals surface area (Å²) in [7, 11) is 2.09. The van der Waals surface area contributed by atoms with E-state index in [9.17, 15) is 0 Å². The van der Waals surface area contributed by atoms with E-state index >= 15 is 0 Å². The molecule has 2 aromatic rings. The fraction of sp³-hybridized carbons (Fsp3) is 0.333. The van der Waals surface area contributed by atoms with E-state index in [0.29, 0.717) is 11.3 Å². The van der Waals surface area contributed by atoms with Gasteiger partial charge in [-0.25, -0.2) is 0 Å². The van der Waals surface area contributed by atoms with Crippen LogP contribution in [0.25, 0.3) is 0 Å². The predicted molar refractivity (Wildman–Crippen MR) is 95.0 cm³/mol. The van der Waals surface area contributed by atoms with Gasteiger partial charge >= 0.3 is 0 Å². The smallest absolute Gasteiger partial charge is 0.0444 e. The van der Waals surface area contributed by atoms with E-state index in [4.69, 9.17) is 0 Å². The molecule has 21 heavy (non-hydrogen) atoms. The summed E-state index contributed by atoms with van der Waals surface area (Å²) >= 11 is 5.51. The summed E-state index contributed by atoms with van der Waals surface area (Å²) in [4.78, 5) is 1.35. The molecule has 3 rings (SSSR count). The van der Waals surface area contributed by atoms with Crippen molar-refractivity contribution in [2.24, 2.45) is 0 Å². The van der Waals surface area contributed by atoms with E-state index < -0.39 is 0 Å². The van der Waals surface area contributed by atoms with Crippen molar-refractivity contribution < 1.29 is 0 Å². The molecule has 110 valence electrons. The van der Waals surface area contributed by atoms with E-state index in [-0.39, 0.29) is 0 Å². The quantitative estimate of drug-likeness (QED) is 0.753. The Balaban J connectivity index is 1.86. The standard InChI is InChI=1S/C18H20BrNS/c1-20-18-16-7-3-2-5-13(16)6-4-8-17(18)21-15-11-9-14(19)10-12-15/h2-3,5,7,9-12,17-18,20H,4,6,8H2,1H3. The zero-order valence-electron chi connectivity index (χ0n) is 12.2. The SMILES string of the molecule is CNC1c2ccccc2CCCC1Sc1ccc(Br)cc1. The summed E-state index contributed by atoms with van der Waals surface area (Å²) in [6, 6.07) is 18.0. The van der Waals surface area contributed by atoms with Gasteiger partial charge in [-0.2, -0.15) is 0 Å². The van der Waals surface area contributed by atoms with Crippen LogP contribution in [0.2, 0.25) is 0 Å². The minimum Gasteiger partial charge on any atom is -0.312 e. The molecule has 0 aliphatic heterocycles. The van der Waals surface area contributed by atoms with Crippen molar-refractivity contribution in [1.82, 2.24) is 5.32 Å². The normalized spacial score (nSPS) is 21.6. The number of hydrogen-bond acceptors (Lipinski definition) is 2. The lowest BCUT2D eigenvalue weighted by atomic mass is 9.99. The van der Waals surface area contributed by atoms with Crippen molar-refractivity contribution in [2.75, 3.05) is 7.05 Å². The number of nitrogens with one attached hydrogen (secondary N) is 1. The molecule has 1 nitrogen and oxygen atoms in total. The summed E-state index contributed by atoms with van der Waals surface area (Å²) in [5.74, 6) is 0. The third-order valence-electron chi connectivity index (χ3n) is 4.11. The molecule has 0 saturated carbocycles. The van der Waals surface area contributed by atoms with Crippen LogP contribution in [0.1, 0.15) is 30.0 Å². The predicted octanol–water partition coefficient (Wildman–Crippen LogP) is 5.21. The van der Waals surface area contributed by atoms with Crippen LogP contribution in [-0.2, 0) is 6.42 Å². The first-order chi connectivity index (χ1) is 10.3. The maximum atomic E-state index is 3.55. The first kappa shape index (κ1) is 15.1. The molecule has 0 spiro atoms. The monoisotopic (exact) mass is 361 g/mol. The zero-order valence-corrected chi connectivity index (χ0v) is 14.6. The first-order valence-corrected chi connectivity index (χ1v) is 9.12. The minimum absolute atomic E-state index is 0.428. The Hall–Kier alpha value is -0.770. The second-order valence-corrected chi connectivity index (χ2v) is 7.70. The topological polar surface area (TPSA) is 12.0 Å².